The number of hydrogen-bond acceptors (Lipinski definition) is 0. The van der Waals surface area contributed by atoms with Crippen LogP contribution < -0.4 is 10.5 Å². The van der Waals surface area contributed by atoms with E-state index in [1.807, 2.05) is 18.2 Å². The average Bonchev–Trinajstić information content (AvgIpc) is 2.82. The Morgan fingerprint density at radius 2 is 0.677 bits per heavy atom. The van der Waals surface area contributed by atoms with Crippen LogP contribution in [0.4, 0.5) is 0 Å². The normalized spacial score (nSPS) is 11.5. The summed E-state index contributed by atoms with van der Waals surface area (Å²) < 4.78 is 4.34. The fraction of sp³-hybridized carbons (Fsp3) is 0. The van der Waals surface area contributed by atoms with Crippen LogP contribution in [0, 0.1) is 0 Å². The van der Waals surface area contributed by atoms with Crippen molar-refractivity contribution in [3.63, 3.8) is 0 Å². The maximum absolute atomic E-state index is 3.75. The minimum atomic E-state index is -2.14. The first-order valence-electron chi connectivity index (χ1n) is 10.2. The van der Waals surface area contributed by atoms with Crippen molar-refractivity contribution >= 4 is 49.0 Å². The molecule has 0 atom stereocenters. The third kappa shape index (κ3) is 6.45. The zero-order valence-corrected chi connectivity index (χ0v) is 20.2. The van der Waals surface area contributed by atoms with E-state index in [0.717, 1.165) is 0 Å². The number of benzene rings is 3. The topological polar surface area (TPSA) is 0 Å². The summed E-state index contributed by atoms with van der Waals surface area (Å²) in [7, 11) is 0. The van der Waals surface area contributed by atoms with Gasteiger partial charge in [0.1, 0.15) is 0 Å². The zero-order valence-electron chi connectivity index (χ0n) is 17.7. The van der Waals surface area contributed by atoms with E-state index >= 15 is 0 Å². The molecule has 3 aromatic rings. The van der Waals surface area contributed by atoms with Crippen molar-refractivity contribution in [2.75, 3.05) is 0 Å². The monoisotopic (exact) mass is 508 g/mol. The van der Waals surface area contributed by atoms with Crippen molar-refractivity contribution in [3.05, 3.63) is 146 Å². The predicted molar refractivity (Wildman–Crippen MR) is 142 cm³/mol. The maximum atomic E-state index is 3.75. The van der Waals surface area contributed by atoms with Crippen LogP contribution >= 0.6 is 0 Å². The fourth-order valence-electron chi connectivity index (χ4n) is 3.19. The molecule has 0 bridgehead atoms. The molecule has 3 aromatic carbocycles. The van der Waals surface area contributed by atoms with E-state index < -0.39 is 20.2 Å². The zero-order chi connectivity index (χ0) is 21.9. The molecule has 0 radical (unpaired) electrons. The van der Waals surface area contributed by atoms with Gasteiger partial charge in [0, 0.05) is 0 Å². The Kier molecular flexibility index (Phi) is 8.70. The van der Waals surface area contributed by atoms with Crippen molar-refractivity contribution in [1.29, 1.82) is 0 Å². The van der Waals surface area contributed by atoms with E-state index in [9.17, 15) is 0 Å². The summed E-state index contributed by atoms with van der Waals surface area (Å²) in [5, 5.41) is 0. The van der Waals surface area contributed by atoms with Gasteiger partial charge in [-0.25, -0.2) is 0 Å². The molecule has 0 spiro atoms. The van der Waals surface area contributed by atoms with Gasteiger partial charge in [-0.2, -0.15) is 0 Å². The first-order chi connectivity index (χ1) is 15.2. The van der Waals surface area contributed by atoms with E-state index in [1.165, 1.54) is 27.2 Å². The van der Waals surface area contributed by atoms with Crippen LogP contribution in [0.15, 0.2) is 129 Å². The summed E-state index contributed by atoms with van der Waals surface area (Å²) in [6.45, 7) is 11.3. The van der Waals surface area contributed by atoms with Crippen LogP contribution in [0.2, 0.25) is 0 Å². The Labute approximate surface area is 193 Å². The van der Waals surface area contributed by atoms with E-state index in [1.54, 1.807) is 18.2 Å². The number of allylic oxidation sites excluding steroid dienone is 6. The summed E-state index contributed by atoms with van der Waals surface area (Å²) in [5.41, 5.74) is 3.58. The predicted octanol–water partition coefficient (Wildman–Crippen LogP) is 5.80. The second-order valence-corrected chi connectivity index (χ2v) is 13.2. The molecule has 0 heterocycles. The summed E-state index contributed by atoms with van der Waals surface area (Å²) in [6, 6.07) is 27.0. The molecule has 0 aliphatic rings. The molecule has 152 valence electrons. The first kappa shape index (κ1) is 22.6. The molecule has 0 aliphatic carbocycles. The van der Waals surface area contributed by atoms with Gasteiger partial charge in [-0.05, 0) is 0 Å². The van der Waals surface area contributed by atoms with Crippen molar-refractivity contribution < 1.29 is 0 Å². The molecule has 0 aromatic heterocycles. The SMILES string of the molecule is C=CC=Cc1cc[c]([Sb]([c]2ccc(C=CC=C)cc2)[c]2ccc(C=CC=C)cc2)cc1. The molecular formula is C30H27Sb. The second kappa shape index (κ2) is 11.9. The third-order valence-corrected chi connectivity index (χ3v) is 11.7. The van der Waals surface area contributed by atoms with Gasteiger partial charge in [0.2, 0.25) is 0 Å². The molecule has 0 fully saturated rings. The van der Waals surface area contributed by atoms with Gasteiger partial charge in [-0.1, -0.05) is 0 Å². The van der Waals surface area contributed by atoms with E-state index in [0.29, 0.717) is 0 Å². The quantitative estimate of drug-likeness (QED) is 0.253. The fourth-order valence-corrected chi connectivity index (χ4v) is 9.57. The molecule has 0 amide bonds. The Hall–Kier alpha value is -3.08. The van der Waals surface area contributed by atoms with Crippen LogP contribution in [-0.2, 0) is 0 Å². The third-order valence-electron chi connectivity index (χ3n) is 4.73. The standard InChI is InChI=1S/3C10H9.Sb/c3*1-2-3-7-10-8-5-4-6-9-10;/h3*2-3,5-9H,1H2;. The van der Waals surface area contributed by atoms with E-state index in [4.69, 9.17) is 0 Å². The summed E-state index contributed by atoms with van der Waals surface area (Å²) in [6.07, 6.45) is 17.6. The van der Waals surface area contributed by atoms with Crippen molar-refractivity contribution in [1.82, 2.24) is 0 Å². The molecule has 0 saturated carbocycles. The van der Waals surface area contributed by atoms with Crippen molar-refractivity contribution in [2.24, 2.45) is 0 Å². The van der Waals surface area contributed by atoms with Gasteiger partial charge >= 0.3 is 195 Å². The number of rotatable bonds is 9. The van der Waals surface area contributed by atoms with E-state index in [-0.39, 0.29) is 0 Å². The number of hydrogen-bond donors (Lipinski definition) is 0. The summed E-state index contributed by atoms with van der Waals surface area (Å²) >= 11 is -2.14. The molecule has 0 unspecified atom stereocenters. The molecule has 0 N–H and O–H groups in total. The molecule has 0 saturated heterocycles. The van der Waals surface area contributed by atoms with Crippen LogP contribution in [0.3, 0.4) is 0 Å². The summed E-state index contributed by atoms with van der Waals surface area (Å²) in [4.78, 5) is 0. The molecule has 31 heavy (non-hydrogen) atoms. The molecule has 1 heteroatoms. The van der Waals surface area contributed by atoms with Crippen LogP contribution in [0.5, 0.6) is 0 Å². The van der Waals surface area contributed by atoms with E-state index in [2.05, 4.69) is 111 Å². The molecule has 3 rings (SSSR count). The van der Waals surface area contributed by atoms with Crippen LogP contribution in [-0.4, -0.2) is 20.2 Å². The van der Waals surface area contributed by atoms with Gasteiger partial charge in [0.15, 0.2) is 0 Å². The minimum absolute atomic E-state index is 1.19. The Bertz CT molecular complexity index is 946. The summed E-state index contributed by atoms with van der Waals surface area (Å²) in [5.74, 6) is 0. The van der Waals surface area contributed by atoms with Crippen LogP contribution in [0.1, 0.15) is 16.7 Å². The Morgan fingerprint density at radius 1 is 0.419 bits per heavy atom. The molecule has 0 aliphatic heterocycles. The van der Waals surface area contributed by atoms with Crippen LogP contribution in [0.25, 0.3) is 18.2 Å². The van der Waals surface area contributed by atoms with Crippen molar-refractivity contribution in [2.45, 2.75) is 0 Å². The first-order valence-corrected chi connectivity index (χ1v) is 14.1. The van der Waals surface area contributed by atoms with Gasteiger partial charge in [0.05, 0.1) is 0 Å². The Balaban J connectivity index is 2.01. The van der Waals surface area contributed by atoms with Crippen molar-refractivity contribution in [3.8, 4) is 0 Å². The molecule has 0 nitrogen and oxygen atoms in total. The van der Waals surface area contributed by atoms with Gasteiger partial charge in [-0.15, -0.1) is 0 Å². The van der Waals surface area contributed by atoms with Gasteiger partial charge < -0.3 is 0 Å². The second-order valence-electron chi connectivity index (χ2n) is 6.89. The Morgan fingerprint density at radius 3 is 0.903 bits per heavy atom. The van der Waals surface area contributed by atoms with Gasteiger partial charge in [0.25, 0.3) is 0 Å². The average molecular weight is 509 g/mol. The van der Waals surface area contributed by atoms with Gasteiger partial charge in [-0.3, -0.25) is 0 Å². The molecular weight excluding hydrogens is 482 g/mol.